The van der Waals surface area contributed by atoms with E-state index in [4.69, 9.17) is 0 Å². The second-order valence-electron chi connectivity index (χ2n) is 3.30. The minimum atomic E-state index is -3.05. The molecule has 0 unspecified atom stereocenters. The summed E-state index contributed by atoms with van der Waals surface area (Å²) < 4.78 is 45.6. The van der Waals surface area contributed by atoms with Crippen molar-refractivity contribution in [1.82, 2.24) is 0 Å². The molecule has 2 rings (SSSR count). The minimum absolute atomic E-state index is 0.201. The van der Waals surface area contributed by atoms with Crippen molar-refractivity contribution in [3.05, 3.63) is 0 Å². The fourth-order valence-corrected chi connectivity index (χ4v) is 3.68. The van der Waals surface area contributed by atoms with E-state index >= 15 is 0 Å². The first-order valence-corrected chi connectivity index (χ1v) is 13.9. The van der Waals surface area contributed by atoms with Gasteiger partial charge in [0.25, 0.3) is 10.1 Å². The fraction of sp³-hybridized carbons (Fsp3) is 1.00. The highest BCUT2D eigenvalue weighted by Gasteiger charge is 2.17. The van der Waals surface area contributed by atoms with Gasteiger partial charge >= 0.3 is 0 Å². The van der Waals surface area contributed by atoms with E-state index in [0.717, 1.165) is 12.8 Å². The fourth-order valence-electron chi connectivity index (χ4n) is 1.23. The number of sulfone groups is 1. The highest BCUT2D eigenvalue weighted by Crippen LogP contribution is 2.08. The Morgan fingerprint density at radius 3 is 0.885 bits per heavy atom. The van der Waals surface area contributed by atoms with E-state index in [1.807, 2.05) is 83.1 Å². The molecule has 2 aliphatic rings. The van der Waals surface area contributed by atoms with Gasteiger partial charge in [0.1, 0.15) is 9.84 Å². The first-order chi connectivity index (χ1) is 12.4. The average Bonchev–Trinajstić information content (AvgIpc) is 3.32. The van der Waals surface area contributed by atoms with Crippen LogP contribution in [-0.2, 0) is 24.1 Å². The van der Waals surface area contributed by atoms with Crippen LogP contribution in [0, 0.1) is 0 Å². The summed E-state index contributed by atoms with van der Waals surface area (Å²) in [6.07, 6.45) is 2.41. The number of hydrogen-bond donors (Lipinski definition) is 0. The summed E-state index contributed by atoms with van der Waals surface area (Å²) in [6, 6.07) is 0. The van der Waals surface area contributed by atoms with Gasteiger partial charge in [-0.1, -0.05) is 83.1 Å². The predicted molar refractivity (Wildman–Crippen MR) is 120 cm³/mol. The molecule has 7 heteroatoms. The van der Waals surface area contributed by atoms with E-state index in [1.165, 1.54) is 0 Å². The average molecular weight is 423 g/mol. The third-order valence-corrected chi connectivity index (χ3v) is 5.10. The van der Waals surface area contributed by atoms with Crippen LogP contribution in [0.2, 0.25) is 0 Å². The van der Waals surface area contributed by atoms with E-state index in [9.17, 15) is 16.8 Å². The van der Waals surface area contributed by atoms with Gasteiger partial charge < -0.3 is 0 Å². The van der Waals surface area contributed by atoms with Gasteiger partial charge in [0.15, 0.2) is 0 Å². The Morgan fingerprint density at radius 1 is 0.500 bits per heavy atom. The molecule has 0 amide bonds. The van der Waals surface area contributed by atoms with E-state index in [-0.39, 0.29) is 5.75 Å². The van der Waals surface area contributed by atoms with Crippen LogP contribution in [0.1, 0.15) is 102 Å². The molecular formula is C19H50O5S2. The summed E-state index contributed by atoms with van der Waals surface area (Å²) in [5, 5.41) is 0. The molecule has 2 heterocycles. The summed E-state index contributed by atoms with van der Waals surface area (Å²) in [4.78, 5) is 0. The maximum Gasteiger partial charge on any atom is 0.267 e. The number of hydrogen-bond acceptors (Lipinski definition) is 5. The molecule has 168 valence electrons. The highest BCUT2D eigenvalue weighted by molar-refractivity contribution is 7.91. The Bertz CT molecular complexity index is 313. The van der Waals surface area contributed by atoms with Crippen molar-refractivity contribution in [3.63, 3.8) is 0 Å². The first kappa shape index (κ1) is 40.5. The van der Waals surface area contributed by atoms with Crippen LogP contribution in [-0.4, -0.2) is 40.7 Å². The predicted octanol–water partition coefficient (Wildman–Crippen LogP) is 6.09. The monoisotopic (exact) mass is 422 g/mol. The normalized spacial score (nSPS) is 16.5. The molecule has 0 atom stereocenters. The molecule has 2 fully saturated rings. The molecule has 0 N–H and O–H groups in total. The van der Waals surface area contributed by atoms with Gasteiger partial charge in [-0.2, -0.15) is 8.42 Å². The second kappa shape index (κ2) is 35.9. The van der Waals surface area contributed by atoms with E-state index in [1.54, 1.807) is 0 Å². The van der Waals surface area contributed by atoms with Gasteiger partial charge in [-0.25, -0.2) is 8.42 Å². The molecule has 0 aliphatic carbocycles. The maximum atomic E-state index is 10.4. The quantitative estimate of drug-likeness (QED) is 0.441. The van der Waals surface area contributed by atoms with E-state index in [2.05, 4.69) is 4.18 Å². The lowest BCUT2D eigenvalue weighted by molar-refractivity contribution is 0.354. The Kier molecular flexibility index (Phi) is 55.9. The maximum absolute atomic E-state index is 10.4. The summed E-state index contributed by atoms with van der Waals surface area (Å²) in [6.45, 7) is 24.4. The topological polar surface area (TPSA) is 77.5 Å². The SMILES string of the molecule is CC.CC.CC.CC.CC.CC.O=S1(=O)CCCC1.O=S1(=O)CCCO1. The highest BCUT2D eigenvalue weighted by atomic mass is 32.2. The lowest BCUT2D eigenvalue weighted by Gasteiger charge is -1.83. The third-order valence-electron chi connectivity index (χ3n) is 1.96. The molecule has 0 aromatic carbocycles. The molecular weight excluding hydrogens is 372 g/mol. The van der Waals surface area contributed by atoms with Crippen LogP contribution in [0.5, 0.6) is 0 Å². The Hall–Kier alpha value is -0.140. The molecule has 0 spiro atoms. The zero-order valence-electron chi connectivity index (χ0n) is 19.8. The van der Waals surface area contributed by atoms with E-state index in [0.29, 0.717) is 24.5 Å². The summed E-state index contributed by atoms with van der Waals surface area (Å²) in [5.41, 5.74) is 0. The molecule has 2 aliphatic heterocycles. The molecule has 5 nitrogen and oxygen atoms in total. The van der Waals surface area contributed by atoms with Crippen LogP contribution in [0.4, 0.5) is 0 Å². The van der Waals surface area contributed by atoms with Gasteiger partial charge in [0.05, 0.1) is 23.9 Å². The van der Waals surface area contributed by atoms with Crippen molar-refractivity contribution < 1.29 is 21.0 Å². The molecule has 26 heavy (non-hydrogen) atoms. The lowest BCUT2D eigenvalue weighted by atomic mass is 10.4. The van der Waals surface area contributed by atoms with Crippen molar-refractivity contribution in [1.29, 1.82) is 0 Å². The smallest absolute Gasteiger partial charge is 0.267 e. The Morgan fingerprint density at radius 2 is 0.808 bits per heavy atom. The molecule has 0 radical (unpaired) electrons. The minimum Gasteiger partial charge on any atom is -0.270 e. The van der Waals surface area contributed by atoms with Gasteiger partial charge in [-0.3, -0.25) is 4.18 Å². The van der Waals surface area contributed by atoms with Gasteiger partial charge in [-0.15, -0.1) is 0 Å². The van der Waals surface area contributed by atoms with E-state index < -0.39 is 20.0 Å². The van der Waals surface area contributed by atoms with Crippen molar-refractivity contribution >= 4 is 20.0 Å². The van der Waals surface area contributed by atoms with Crippen molar-refractivity contribution in [3.8, 4) is 0 Å². The largest absolute Gasteiger partial charge is 0.270 e. The molecule has 0 aromatic heterocycles. The molecule has 0 bridgehead atoms. The van der Waals surface area contributed by atoms with Crippen LogP contribution in [0.3, 0.4) is 0 Å². The second-order valence-corrected chi connectivity index (χ2v) is 7.36. The van der Waals surface area contributed by atoms with Crippen LogP contribution < -0.4 is 0 Å². The lowest BCUT2D eigenvalue weighted by Crippen LogP contribution is -1.98. The van der Waals surface area contributed by atoms with Crippen LogP contribution >= 0.6 is 0 Å². The summed E-state index contributed by atoms with van der Waals surface area (Å²) in [7, 11) is -5.59. The molecule has 2 saturated heterocycles. The standard InChI is InChI=1S/C4H8O2S.C3H6O3S.6C2H6/c5-7(6)3-1-2-4-7;4-7(5)3-1-2-6-7;6*1-2/h1-4H2;1-3H2;6*1-2H3. The van der Waals surface area contributed by atoms with Gasteiger partial charge in [0, 0.05) is 0 Å². The van der Waals surface area contributed by atoms with Crippen molar-refractivity contribution in [2.75, 3.05) is 23.9 Å². The summed E-state index contributed by atoms with van der Waals surface area (Å²) in [5.74, 6) is 1.05. The van der Waals surface area contributed by atoms with Crippen molar-refractivity contribution in [2.24, 2.45) is 0 Å². The van der Waals surface area contributed by atoms with Crippen LogP contribution in [0.15, 0.2) is 0 Å². The zero-order valence-corrected chi connectivity index (χ0v) is 21.4. The zero-order chi connectivity index (χ0) is 22.7. The summed E-state index contributed by atoms with van der Waals surface area (Å²) >= 11 is 0. The Labute approximate surface area is 167 Å². The third kappa shape index (κ3) is 39.1. The van der Waals surface area contributed by atoms with Crippen molar-refractivity contribution in [2.45, 2.75) is 102 Å². The molecule has 0 aromatic rings. The van der Waals surface area contributed by atoms with Crippen LogP contribution in [0.25, 0.3) is 0 Å². The first-order valence-electron chi connectivity index (χ1n) is 10.5. The molecule has 0 saturated carbocycles. The number of rotatable bonds is 0. The Balaban J connectivity index is -0.0000000493. The van der Waals surface area contributed by atoms with Gasteiger partial charge in [0.2, 0.25) is 0 Å². The van der Waals surface area contributed by atoms with Gasteiger partial charge in [-0.05, 0) is 19.3 Å².